The van der Waals surface area contributed by atoms with E-state index in [1.165, 1.54) is 0 Å². The van der Waals surface area contributed by atoms with Gasteiger partial charge < -0.3 is 4.74 Å². The molecular weight excluding hydrogens is 170 g/mol. The smallest absolute Gasteiger partial charge is 0.237 e. The van der Waals surface area contributed by atoms with Crippen molar-refractivity contribution in [3.05, 3.63) is 0 Å². The van der Waals surface area contributed by atoms with Gasteiger partial charge in [-0.1, -0.05) is 6.92 Å². The third kappa shape index (κ3) is 3.30. The van der Waals surface area contributed by atoms with E-state index in [-0.39, 0.29) is 11.8 Å². The summed E-state index contributed by atoms with van der Waals surface area (Å²) in [5.74, 6) is 4.88. The molecule has 1 aliphatic rings. The fourth-order valence-corrected chi connectivity index (χ4v) is 1.40. The fraction of sp³-hybridized carbons (Fsp3) is 0.875. The Balaban J connectivity index is 2.25. The van der Waals surface area contributed by atoms with Gasteiger partial charge in [0.25, 0.3) is 0 Å². The highest BCUT2D eigenvalue weighted by molar-refractivity contribution is 5.77. The molecule has 0 aromatic heterocycles. The zero-order valence-corrected chi connectivity index (χ0v) is 7.95. The predicted octanol–water partition coefficient (Wildman–Crippen LogP) is -1.06. The number of nitrogens with one attached hydrogen (secondary N) is 1. The number of rotatable bonds is 3. The highest BCUT2D eigenvalue weighted by Gasteiger charge is 2.17. The molecule has 0 spiro atoms. The lowest BCUT2D eigenvalue weighted by Crippen LogP contribution is -2.44. The molecule has 0 radical (unpaired) electrons. The topological polar surface area (TPSA) is 67.6 Å². The number of morpholine rings is 1. The highest BCUT2D eigenvalue weighted by atomic mass is 16.5. The number of nitrogens with two attached hydrogens (primary N) is 1. The van der Waals surface area contributed by atoms with E-state index in [2.05, 4.69) is 10.3 Å². The van der Waals surface area contributed by atoms with Crippen LogP contribution in [0.3, 0.4) is 0 Å². The van der Waals surface area contributed by atoms with Crippen LogP contribution in [0.2, 0.25) is 0 Å². The number of carbonyl (C=O) groups excluding carboxylic acids is 1. The Hall–Kier alpha value is -0.650. The van der Waals surface area contributed by atoms with Crippen molar-refractivity contribution in [3.63, 3.8) is 0 Å². The molecule has 0 bridgehead atoms. The second-order valence-corrected chi connectivity index (χ2v) is 3.32. The number of ether oxygens (including phenoxy) is 1. The molecule has 76 valence electrons. The number of carbonyl (C=O) groups is 1. The standard InChI is InChI=1S/C8H17N3O2/c1-7(8(12)10-9)6-11-2-4-13-5-3-11/h7H,2-6,9H2,1H3,(H,10,12). The third-order valence-corrected chi connectivity index (χ3v) is 2.23. The molecule has 0 aromatic rings. The van der Waals surface area contributed by atoms with Crippen LogP contribution in [0.5, 0.6) is 0 Å². The molecule has 3 N–H and O–H groups in total. The second kappa shape index (κ2) is 5.16. The molecule has 0 aliphatic carbocycles. The predicted molar refractivity (Wildman–Crippen MR) is 48.8 cm³/mol. The number of hydrazine groups is 1. The second-order valence-electron chi connectivity index (χ2n) is 3.32. The first-order valence-corrected chi connectivity index (χ1v) is 4.54. The van der Waals surface area contributed by atoms with Gasteiger partial charge in [-0.25, -0.2) is 5.84 Å². The quantitative estimate of drug-likeness (QED) is 0.336. The maximum Gasteiger partial charge on any atom is 0.237 e. The Morgan fingerprint density at radius 1 is 1.62 bits per heavy atom. The summed E-state index contributed by atoms with van der Waals surface area (Å²) in [4.78, 5) is 13.3. The Kier molecular flexibility index (Phi) is 4.14. The first kappa shape index (κ1) is 10.4. The van der Waals surface area contributed by atoms with Gasteiger partial charge in [-0.3, -0.25) is 15.1 Å². The summed E-state index contributed by atoms with van der Waals surface area (Å²) in [5.41, 5.74) is 2.16. The van der Waals surface area contributed by atoms with E-state index in [0.29, 0.717) is 0 Å². The first-order valence-electron chi connectivity index (χ1n) is 4.54. The maximum absolute atomic E-state index is 11.1. The van der Waals surface area contributed by atoms with Gasteiger partial charge in [0.15, 0.2) is 0 Å². The van der Waals surface area contributed by atoms with E-state index in [0.717, 1.165) is 32.8 Å². The maximum atomic E-state index is 11.1. The van der Waals surface area contributed by atoms with Crippen LogP contribution in [0, 0.1) is 5.92 Å². The molecule has 1 unspecified atom stereocenters. The summed E-state index contributed by atoms with van der Waals surface area (Å²) in [6.45, 7) is 5.96. The van der Waals surface area contributed by atoms with Crippen molar-refractivity contribution in [2.45, 2.75) is 6.92 Å². The molecule has 1 rings (SSSR count). The van der Waals surface area contributed by atoms with E-state index in [1.807, 2.05) is 6.92 Å². The summed E-state index contributed by atoms with van der Waals surface area (Å²) in [6, 6.07) is 0. The van der Waals surface area contributed by atoms with Gasteiger partial charge in [-0.2, -0.15) is 0 Å². The summed E-state index contributed by atoms with van der Waals surface area (Å²) in [6.07, 6.45) is 0. The Labute approximate surface area is 78.2 Å². The van der Waals surface area contributed by atoms with Gasteiger partial charge in [0, 0.05) is 25.6 Å². The van der Waals surface area contributed by atoms with Gasteiger partial charge in [0.05, 0.1) is 13.2 Å². The lowest BCUT2D eigenvalue weighted by atomic mass is 10.1. The van der Waals surface area contributed by atoms with E-state index < -0.39 is 0 Å². The van der Waals surface area contributed by atoms with Crippen molar-refractivity contribution in [2.24, 2.45) is 11.8 Å². The van der Waals surface area contributed by atoms with Crippen LogP contribution in [-0.2, 0) is 9.53 Å². The molecule has 13 heavy (non-hydrogen) atoms. The molecule has 1 amide bonds. The summed E-state index contributed by atoms with van der Waals surface area (Å²) in [7, 11) is 0. The minimum atomic E-state index is -0.105. The molecule has 1 saturated heterocycles. The molecule has 1 heterocycles. The number of nitrogens with zero attached hydrogens (tertiary/aromatic N) is 1. The minimum absolute atomic E-state index is 0.0527. The van der Waals surface area contributed by atoms with Crippen molar-refractivity contribution >= 4 is 5.91 Å². The van der Waals surface area contributed by atoms with E-state index in [9.17, 15) is 4.79 Å². The van der Waals surface area contributed by atoms with Crippen LogP contribution in [0.25, 0.3) is 0 Å². The van der Waals surface area contributed by atoms with Crippen LogP contribution in [0.4, 0.5) is 0 Å². The van der Waals surface area contributed by atoms with Crippen molar-refractivity contribution < 1.29 is 9.53 Å². The van der Waals surface area contributed by atoms with Gasteiger partial charge >= 0.3 is 0 Å². The number of hydrogen-bond acceptors (Lipinski definition) is 4. The lowest BCUT2D eigenvalue weighted by molar-refractivity contribution is -0.125. The Morgan fingerprint density at radius 3 is 2.77 bits per heavy atom. The third-order valence-electron chi connectivity index (χ3n) is 2.23. The first-order chi connectivity index (χ1) is 6.24. The normalized spacial score (nSPS) is 21.1. The van der Waals surface area contributed by atoms with E-state index >= 15 is 0 Å². The van der Waals surface area contributed by atoms with Crippen molar-refractivity contribution in [3.8, 4) is 0 Å². The highest BCUT2D eigenvalue weighted by Crippen LogP contribution is 2.02. The van der Waals surface area contributed by atoms with Crippen molar-refractivity contribution in [1.82, 2.24) is 10.3 Å². The van der Waals surface area contributed by atoms with Crippen LogP contribution < -0.4 is 11.3 Å². The van der Waals surface area contributed by atoms with Gasteiger partial charge in [0.1, 0.15) is 0 Å². The van der Waals surface area contributed by atoms with Crippen LogP contribution >= 0.6 is 0 Å². The van der Waals surface area contributed by atoms with Gasteiger partial charge in [-0.15, -0.1) is 0 Å². The molecular formula is C8H17N3O2. The van der Waals surface area contributed by atoms with Crippen LogP contribution in [0.1, 0.15) is 6.92 Å². The molecule has 0 aromatic carbocycles. The number of amides is 1. The Bertz CT molecular complexity index is 169. The summed E-state index contributed by atoms with van der Waals surface area (Å²) >= 11 is 0. The average Bonchev–Trinajstić information content (AvgIpc) is 2.18. The fourth-order valence-electron chi connectivity index (χ4n) is 1.40. The van der Waals surface area contributed by atoms with Gasteiger partial charge in [0.2, 0.25) is 5.91 Å². The lowest BCUT2D eigenvalue weighted by Gasteiger charge is -2.28. The molecule has 5 heteroatoms. The van der Waals surface area contributed by atoms with E-state index in [1.54, 1.807) is 0 Å². The number of hydrogen-bond donors (Lipinski definition) is 2. The molecule has 1 aliphatic heterocycles. The SMILES string of the molecule is CC(CN1CCOCC1)C(=O)NN. The monoisotopic (exact) mass is 187 g/mol. The van der Waals surface area contributed by atoms with Crippen LogP contribution in [0.15, 0.2) is 0 Å². The average molecular weight is 187 g/mol. The van der Waals surface area contributed by atoms with E-state index in [4.69, 9.17) is 10.6 Å². The zero-order valence-electron chi connectivity index (χ0n) is 7.95. The molecule has 5 nitrogen and oxygen atoms in total. The molecule has 0 saturated carbocycles. The van der Waals surface area contributed by atoms with Crippen molar-refractivity contribution in [2.75, 3.05) is 32.8 Å². The zero-order chi connectivity index (χ0) is 9.68. The summed E-state index contributed by atoms with van der Waals surface area (Å²) in [5, 5.41) is 0. The van der Waals surface area contributed by atoms with Crippen LogP contribution in [-0.4, -0.2) is 43.7 Å². The van der Waals surface area contributed by atoms with Gasteiger partial charge in [-0.05, 0) is 0 Å². The summed E-state index contributed by atoms with van der Waals surface area (Å²) < 4.78 is 5.20. The molecule has 1 fully saturated rings. The molecule has 1 atom stereocenters. The minimum Gasteiger partial charge on any atom is -0.379 e. The largest absolute Gasteiger partial charge is 0.379 e. The Morgan fingerprint density at radius 2 is 2.23 bits per heavy atom. The van der Waals surface area contributed by atoms with Crippen molar-refractivity contribution in [1.29, 1.82) is 0 Å².